The zero-order chi connectivity index (χ0) is 19.0. The minimum absolute atomic E-state index is 0.691. The van der Waals surface area contributed by atoms with Gasteiger partial charge in [0.2, 0.25) is 0 Å². The lowest BCUT2D eigenvalue weighted by atomic mass is 10.2. The van der Waals surface area contributed by atoms with Crippen molar-refractivity contribution in [1.29, 1.82) is 0 Å². The fraction of sp³-hybridized carbons (Fsp3) is 0.200. The summed E-state index contributed by atoms with van der Waals surface area (Å²) >= 11 is 0. The van der Waals surface area contributed by atoms with E-state index in [1.54, 1.807) is 28.4 Å². The van der Waals surface area contributed by atoms with Crippen LogP contribution in [-0.2, 0) is 0 Å². The molecule has 1 aliphatic carbocycles. The Morgan fingerprint density at radius 3 is 2.19 bits per heavy atom. The van der Waals surface area contributed by atoms with E-state index >= 15 is 0 Å². The largest absolute Gasteiger partial charge is 0.497 e. The Kier molecular flexibility index (Phi) is 4.19. The minimum atomic E-state index is 0.691. The van der Waals surface area contributed by atoms with Gasteiger partial charge in [0, 0.05) is 17.0 Å². The highest BCUT2D eigenvalue weighted by atomic mass is 16.5. The number of fused-ring (bicyclic) bond motifs is 3. The Morgan fingerprint density at radius 1 is 0.741 bits per heavy atom. The summed E-state index contributed by atoms with van der Waals surface area (Å²) in [6.07, 6.45) is 0. The minimum Gasteiger partial charge on any atom is -0.497 e. The first-order valence-electron chi connectivity index (χ1n) is 8.42. The summed E-state index contributed by atoms with van der Waals surface area (Å²) in [5.74, 6) is 3.68. The molecule has 0 saturated heterocycles. The van der Waals surface area contributed by atoms with Crippen LogP contribution < -0.4 is 24.3 Å². The molecule has 3 N–H and O–H groups in total. The van der Waals surface area contributed by atoms with Crippen LogP contribution in [0.4, 0.5) is 11.5 Å². The first-order chi connectivity index (χ1) is 13.2. The third-order valence-corrected chi connectivity index (χ3v) is 4.64. The van der Waals surface area contributed by atoms with Crippen molar-refractivity contribution in [3.8, 4) is 34.3 Å². The first kappa shape index (κ1) is 17.0. The second-order valence-electron chi connectivity index (χ2n) is 6.04. The number of methoxy groups -OCH3 is 4. The topological polar surface area (TPSA) is 80.5 Å². The van der Waals surface area contributed by atoms with Gasteiger partial charge in [-0.15, -0.1) is 0 Å². The van der Waals surface area contributed by atoms with E-state index in [0.717, 1.165) is 45.0 Å². The molecular formula is C20H21N3O4. The molecule has 27 heavy (non-hydrogen) atoms. The zero-order valence-electron chi connectivity index (χ0n) is 15.6. The van der Waals surface area contributed by atoms with Crippen molar-refractivity contribution in [2.75, 3.05) is 33.8 Å². The number of anilines is 2. The predicted octanol–water partition coefficient (Wildman–Crippen LogP) is 4.38. The molecule has 0 unspecified atom stereocenters. The molecular weight excluding hydrogens is 346 g/mol. The summed E-state index contributed by atoms with van der Waals surface area (Å²) < 4.78 is 21.6. The van der Waals surface area contributed by atoms with Crippen LogP contribution in [0.25, 0.3) is 22.0 Å². The second kappa shape index (κ2) is 6.68. The SMILES string of the molecule is COc1ccc(OC)c(Nc2[nH][nH]c3c4cc(OC)c(OC)cc4cc2-3)c1. The molecule has 1 heterocycles. The van der Waals surface area contributed by atoms with Crippen LogP contribution >= 0.6 is 0 Å². The molecule has 0 amide bonds. The Balaban J connectivity index is 1.78. The van der Waals surface area contributed by atoms with Crippen molar-refractivity contribution in [2.45, 2.75) is 0 Å². The maximum atomic E-state index is 5.45. The summed E-state index contributed by atoms with van der Waals surface area (Å²) in [4.78, 5) is 0. The number of H-pyrrole nitrogens is 2. The molecule has 0 atom stereocenters. The maximum Gasteiger partial charge on any atom is 0.161 e. The molecule has 0 fully saturated rings. The number of rotatable bonds is 6. The first-order valence-corrected chi connectivity index (χ1v) is 8.42. The number of ether oxygens (including phenoxy) is 4. The molecule has 2 aromatic carbocycles. The van der Waals surface area contributed by atoms with Gasteiger partial charge < -0.3 is 24.3 Å². The number of nitrogens with one attached hydrogen (secondary N) is 3. The van der Waals surface area contributed by atoms with Crippen molar-refractivity contribution in [1.82, 2.24) is 10.2 Å². The summed E-state index contributed by atoms with van der Waals surface area (Å²) in [7, 11) is 6.54. The van der Waals surface area contributed by atoms with Crippen molar-refractivity contribution < 1.29 is 18.9 Å². The molecule has 0 aromatic heterocycles. The number of hydrogen-bond donors (Lipinski definition) is 3. The Bertz CT molecular complexity index is 1070. The van der Waals surface area contributed by atoms with Crippen LogP contribution in [-0.4, -0.2) is 38.6 Å². The molecule has 0 radical (unpaired) electrons. The van der Waals surface area contributed by atoms with Gasteiger partial charge in [-0.2, -0.15) is 0 Å². The molecule has 0 saturated carbocycles. The summed E-state index contributed by atoms with van der Waals surface area (Å²) in [6.45, 7) is 0. The van der Waals surface area contributed by atoms with E-state index in [1.807, 2.05) is 30.3 Å². The van der Waals surface area contributed by atoms with Gasteiger partial charge in [0.25, 0.3) is 0 Å². The number of aromatic nitrogens is 2. The Morgan fingerprint density at radius 2 is 1.48 bits per heavy atom. The van der Waals surface area contributed by atoms with Crippen molar-refractivity contribution in [2.24, 2.45) is 0 Å². The van der Waals surface area contributed by atoms with Crippen LogP contribution in [0.5, 0.6) is 23.0 Å². The average molecular weight is 367 g/mol. The van der Waals surface area contributed by atoms with Crippen molar-refractivity contribution in [3.63, 3.8) is 0 Å². The van der Waals surface area contributed by atoms with Gasteiger partial charge in [0.1, 0.15) is 17.3 Å². The lowest BCUT2D eigenvalue weighted by molar-refractivity contribution is 0.356. The van der Waals surface area contributed by atoms with Crippen LogP contribution in [0.15, 0.2) is 36.4 Å². The molecule has 7 nitrogen and oxygen atoms in total. The normalized spacial score (nSPS) is 11.0. The quantitative estimate of drug-likeness (QED) is 0.471. The molecule has 2 aliphatic rings. The fourth-order valence-corrected chi connectivity index (χ4v) is 3.27. The molecule has 140 valence electrons. The summed E-state index contributed by atoms with van der Waals surface area (Å²) in [5.41, 5.74) is 2.80. The highest BCUT2D eigenvalue weighted by Gasteiger charge is 2.20. The van der Waals surface area contributed by atoms with E-state index in [0.29, 0.717) is 11.5 Å². The van der Waals surface area contributed by atoms with Gasteiger partial charge in [-0.05, 0) is 35.7 Å². The standard InChI is InChI=1S/C20H21N3O4/c1-24-12-5-6-16(25-2)15(9-12)21-20-14-7-11-8-17(26-3)18(27-4)10-13(11)19(14)22-23-20/h5-10,21-23H,1-4H3. The van der Waals surface area contributed by atoms with Crippen LogP contribution in [0, 0.1) is 0 Å². The van der Waals surface area contributed by atoms with E-state index in [2.05, 4.69) is 21.6 Å². The van der Waals surface area contributed by atoms with Gasteiger partial charge in [-0.1, -0.05) is 0 Å². The van der Waals surface area contributed by atoms with E-state index in [9.17, 15) is 0 Å². The summed E-state index contributed by atoms with van der Waals surface area (Å²) in [6, 6.07) is 11.6. The van der Waals surface area contributed by atoms with Gasteiger partial charge >= 0.3 is 0 Å². The predicted molar refractivity (Wildman–Crippen MR) is 105 cm³/mol. The van der Waals surface area contributed by atoms with Gasteiger partial charge in [-0.25, -0.2) is 0 Å². The fourth-order valence-electron chi connectivity index (χ4n) is 3.27. The molecule has 0 spiro atoms. The highest BCUT2D eigenvalue weighted by Crippen LogP contribution is 2.43. The Labute approximate surface area is 156 Å². The third kappa shape index (κ3) is 2.77. The number of hydrogen-bond acceptors (Lipinski definition) is 5. The van der Waals surface area contributed by atoms with E-state index < -0.39 is 0 Å². The van der Waals surface area contributed by atoms with Gasteiger partial charge in [0.15, 0.2) is 11.5 Å². The van der Waals surface area contributed by atoms with Crippen LogP contribution in [0.1, 0.15) is 0 Å². The van der Waals surface area contributed by atoms with Crippen LogP contribution in [0.3, 0.4) is 0 Å². The number of aromatic amines is 2. The molecule has 0 bridgehead atoms. The van der Waals surface area contributed by atoms with Crippen molar-refractivity contribution >= 4 is 22.3 Å². The lowest BCUT2D eigenvalue weighted by Crippen LogP contribution is -1.96. The van der Waals surface area contributed by atoms with Gasteiger partial charge in [0.05, 0.1) is 39.8 Å². The maximum absolute atomic E-state index is 5.45. The monoisotopic (exact) mass is 367 g/mol. The third-order valence-electron chi connectivity index (χ3n) is 4.64. The van der Waals surface area contributed by atoms with Crippen LogP contribution in [0.2, 0.25) is 0 Å². The second-order valence-corrected chi connectivity index (χ2v) is 6.04. The lowest BCUT2D eigenvalue weighted by Gasteiger charge is -2.11. The average Bonchev–Trinajstić information content (AvgIpc) is 3.26. The van der Waals surface area contributed by atoms with Gasteiger partial charge in [-0.3, -0.25) is 10.2 Å². The highest BCUT2D eigenvalue weighted by molar-refractivity contribution is 6.05. The van der Waals surface area contributed by atoms with E-state index in [-0.39, 0.29) is 0 Å². The molecule has 7 heteroatoms. The smallest absolute Gasteiger partial charge is 0.161 e. The summed E-state index contributed by atoms with van der Waals surface area (Å²) in [5, 5.41) is 11.9. The zero-order valence-corrected chi connectivity index (χ0v) is 15.6. The number of benzene rings is 2. The van der Waals surface area contributed by atoms with E-state index in [1.165, 1.54) is 0 Å². The molecule has 4 rings (SSSR count). The molecule has 1 aliphatic heterocycles. The molecule has 2 aromatic rings. The van der Waals surface area contributed by atoms with Crippen molar-refractivity contribution in [3.05, 3.63) is 36.4 Å². The van der Waals surface area contributed by atoms with E-state index in [4.69, 9.17) is 18.9 Å². The Hall–Kier alpha value is -3.48.